The third-order valence-electron chi connectivity index (χ3n) is 5.69. The topological polar surface area (TPSA) is 44.3 Å². The first kappa shape index (κ1) is 19.7. The highest BCUT2D eigenvalue weighted by Gasteiger charge is 2.32. The second-order valence-corrected chi connectivity index (χ2v) is 8.73. The number of imidazole rings is 1. The minimum Gasteiger partial charge on any atom is -0.340 e. The summed E-state index contributed by atoms with van der Waals surface area (Å²) < 4.78 is 31.5. The lowest BCUT2D eigenvalue weighted by Gasteiger charge is -2.32. The molecule has 0 saturated carbocycles. The first-order valence-corrected chi connectivity index (χ1v) is 10.5. The molecule has 2 aliphatic rings. The van der Waals surface area contributed by atoms with E-state index < -0.39 is 11.6 Å². The van der Waals surface area contributed by atoms with Gasteiger partial charge >= 0.3 is 0 Å². The zero-order valence-corrected chi connectivity index (χ0v) is 17.9. The first-order valence-electron chi connectivity index (χ1n) is 9.25. The molecule has 2 aromatic rings. The Bertz CT molecular complexity index is 981. The van der Waals surface area contributed by atoms with Crippen LogP contribution in [0.1, 0.15) is 22.9 Å². The Morgan fingerprint density at radius 2 is 2.00 bits per heavy atom. The molecule has 1 aromatic carbocycles. The van der Waals surface area contributed by atoms with Crippen molar-refractivity contribution in [3.63, 3.8) is 0 Å². The smallest absolute Gasteiger partial charge is 0.228 e. The minimum atomic E-state index is -0.569. The van der Waals surface area contributed by atoms with Crippen LogP contribution in [-0.4, -0.2) is 58.5 Å². The summed E-state index contributed by atoms with van der Waals surface area (Å²) in [6.07, 6.45) is 0.675. The van der Waals surface area contributed by atoms with Gasteiger partial charge in [-0.1, -0.05) is 0 Å². The van der Waals surface area contributed by atoms with Crippen molar-refractivity contribution in [3.05, 3.63) is 50.0 Å². The Morgan fingerprint density at radius 1 is 1.29 bits per heavy atom. The molecule has 0 unspecified atom stereocenters. The molecular formula is C19H21BrF2N4OS. The Kier molecular flexibility index (Phi) is 5.41. The molecular weight excluding hydrogens is 450 g/mol. The number of carbonyl (C=O) groups is 1. The molecule has 1 amide bonds. The van der Waals surface area contributed by atoms with Crippen molar-refractivity contribution in [2.75, 3.05) is 33.2 Å². The van der Waals surface area contributed by atoms with E-state index in [0.717, 1.165) is 24.5 Å². The number of amides is 1. The molecule has 1 aromatic heterocycles. The number of aromatic amines is 1. The van der Waals surface area contributed by atoms with Crippen LogP contribution in [-0.2, 0) is 24.2 Å². The monoisotopic (exact) mass is 470 g/mol. The van der Waals surface area contributed by atoms with Crippen molar-refractivity contribution in [3.8, 4) is 0 Å². The van der Waals surface area contributed by atoms with E-state index >= 15 is 0 Å². The molecule has 150 valence electrons. The largest absolute Gasteiger partial charge is 0.340 e. The lowest BCUT2D eigenvalue weighted by atomic mass is 9.95. The molecule has 3 heterocycles. The van der Waals surface area contributed by atoms with Crippen LogP contribution in [0.25, 0.3) is 0 Å². The van der Waals surface area contributed by atoms with Crippen LogP contribution in [0.4, 0.5) is 8.78 Å². The van der Waals surface area contributed by atoms with Gasteiger partial charge in [-0.05, 0) is 53.7 Å². The van der Waals surface area contributed by atoms with E-state index in [4.69, 9.17) is 12.2 Å². The fourth-order valence-electron chi connectivity index (χ4n) is 4.07. The lowest BCUT2D eigenvalue weighted by molar-refractivity contribution is -0.132. The molecule has 4 rings (SSSR count). The Balaban J connectivity index is 1.55. The number of nitrogens with zero attached hydrogens (tertiary/aromatic N) is 3. The van der Waals surface area contributed by atoms with E-state index in [9.17, 15) is 13.6 Å². The van der Waals surface area contributed by atoms with Crippen molar-refractivity contribution in [2.24, 2.45) is 0 Å². The van der Waals surface area contributed by atoms with Gasteiger partial charge in [0.15, 0.2) is 4.77 Å². The first-order chi connectivity index (χ1) is 13.3. The fourth-order valence-corrected chi connectivity index (χ4v) is 4.73. The van der Waals surface area contributed by atoms with Crippen LogP contribution in [0.5, 0.6) is 0 Å². The van der Waals surface area contributed by atoms with Crippen LogP contribution in [0.3, 0.4) is 0 Å². The summed E-state index contributed by atoms with van der Waals surface area (Å²) in [5, 5.41) is 0. The number of fused-ring (bicyclic) bond motifs is 1. The van der Waals surface area contributed by atoms with Gasteiger partial charge in [0.1, 0.15) is 11.6 Å². The molecule has 2 aliphatic heterocycles. The summed E-state index contributed by atoms with van der Waals surface area (Å²) in [5.74, 6) is -1.42. The molecule has 0 radical (unpaired) electrons. The van der Waals surface area contributed by atoms with Gasteiger partial charge in [0.2, 0.25) is 5.91 Å². The molecule has 0 bridgehead atoms. The molecule has 0 aliphatic carbocycles. The van der Waals surface area contributed by atoms with E-state index in [1.54, 1.807) is 0 Å². The van der Waals surface area contributed by atoms with Gasteiger partial charge in [0.05, 0.1) is 10.9 Å². The van der Waals surface area contributed by atoms with Gasteiger partial charge in [-0.15, -0.1) is 0 Å². The van der Waals surface area contributed by atoms with Crippen LogP contribution >= 0.6 is 28.1 Å². The molecule has 1 atom stereocenters. The molecule has 0 spiro atoms. The SMILES string of the molecule is CN1CCN(C(=O)Cc2[nH]c(=S)n3c2C[C@@H](c2c(F)ccc(Br)c2F)C3)CC1. The number of carbonyl (C=O) groups excluding carboxylic acids is 1. The predicted molar refractivity (Wildman–Crippen MR) is 108 cm³/mol. The summed E-state index contributed by atoms with van der Waals surface area (Å²) in [4.78, 5) is 19.9. The number of aromatic nitrogens is 2. The van der Waals surface area contributed by atoms with Gasteiger partial charge < -0.3 is 19.4 Å². The van der Waals surface area contributed by atoms with Crippen LogP contribution in [0.15, 0.2) is 16.6 Å². The van der Waals surface area contributed by atoms with Crippen LogP contribution in [0.2, 0.25) is 0 Å². The molecule has 5 nitrogen and oxygen atoms in total. The van der Waals surface area contributed by atoms with Crippen molar-refractivity contribution < 1.29 is 13.6 Å². The highest BCUT2D eigenvalue weighted by atomic mass is 79.9. The second-order valence-electron chi connectivity index (χ2n) is 7.48. The van der Waals surface area contributed by atoms with Crippen LogP contribution in [0, 0.1) is 16.4 Å². The van der Waals surface area contributed by atoms with Crippen molar-refractivity contribution in [1.82, 2.24) is 19.4 Å². The zero-order chi connectivity index (χ0) is 20.0. The van der Waals surface area contributed by atoms with Crippen LogP contribution < -0.4 is 0 Å². The number of hydrogen-bond donors (Lipinski definition) is 1. The average molecular weight is 471 g/mol. The number of rotatable bonds is 3. The van der Waals surface area contributed by atoms with Gasteiger partial charge in [0, 0.05) is 55.6 Å². The molecule has 28 heavy (non-hydrogen) atoms. The van der Waals surface area contributed by atoms with Crippen molar-refractivity contribution >= 4 is 34.1 Å². The summed E-state index contributed by atoms with van der Waals surface area (Å²) in [7, 11) is 2.04. The number of likely N-dealkylation sites (N-methyl/N-ethyl adjacent to an activating group) is 1. The van der Waals surface area contributed by atoms with E-state index in [2.05, 4.69) is 25.8 Å². The fraction of sp³-hybridized carbons (Fsp3) is 0.474. The maximum absolute atomic E-state index is 14.5. The molecule has 1 N–H and O–H groups in total. The van der Waals surface area contributed by atoms with Gasteiger partial charge in [-0.3, -0.25) is 4.79 Å². The van der Waals surface area contributed by atoms with Crippen molar-refractivity contribution in [2.45, 2.75) is 25.3 Å². The number of hydrogen-bond acceptors (Lipinski definition) is 3. The van der Waals surface area contributed by atoms with E-state index in [-0.39, 0.29) is 28.3 Å². The quantitative estimate of drug-likeness (QED) is 0.553. The normalized spacial score (nSPS) is 19.9. The number of H-pyrrole nitrogens is 1. The standard InChI is InChI=1S/C19H21BrF2N4OS/c1-24-4-6-25(7-5-24)16(27)9-14-15-8-11(10-26(15)19(28)23-14)17-13(21)3-2-12(20)18(17)22/h2-3,11H,4-10H2,1H3,(H,23,28)/t11-/m1/s1. The predicted octanol–water partition coefficient (Wildman–Crippen LogP) is 3.24. The lowest BCUT2D eigenvalue weighted by Crippen LogP contribution is -2.47. The Labute approximate surface area is 175 Å². The molecule has 1 fully saturated rings. The molecule has 9 heteroatoms. The Hall–Kier alpha value is -1.58. The summed E-state index contributed by atoms with van der Waals surface area (Å²) in [5.41, 5.74) is 1.70. The van der Waals surface area contributed by atoms with E-state index in [1.807, 2.05) is 16.5 Å². The number of halogens is 3. The number of piperazine rings is 1. The third kappa shape index (κ3) is 3.55. The summed E-state index contributed by atoms with van der Waals surface area (Å²) in [6, 6.07) is 2.64. The second kappa shape index (κ2) is 7.68. The van der Waals surface area contributed by atoms with Gasteiger partial charge in [0.25, 0.3) is 0 Å². The minimum absolute atomic E-state index is 0.0519. The van der Waals surface area contributed by atoms with Crippen molar-refractivity contribution in [1.29, 1.82) is 0 Å². The highest BCUT2D eigenvalue weighted by molar-refractivity contribution is 9.10. The maximum atomic E-state index is 14.5. The highest BCUT2D eigenvalue weighted by Crippen LogP contribution is 2.36. The van der Waals surface area contributed by atoms with E-state index in [0.29, 0.717) is 30.8 Å². The average Bonchev–Trinajstić information content (AvgIpc) is 3.20. The van der Waals surface area contributed by atoms with Gasteiger partial charge in [-0.2, -0.15) is 0 Å². The number of nitrogens with one attached hydrogen (secondary N) is 1. The number of benzene rings is 1. The molecule has 1 saturated heterocycles. The third-order valence-corrected chi connectivity index (χ3v) is 6.63. The summed E-state index contributed by atoms with van der Waals surface area (Å²) >= 11 is 8.53. The zero-order valence-electron chi connectivity index (χ0n) is 15.5. The Morgan fingerprint density at radius 3 is 2.71 bits per heavy atom. The van der Waals surface area contributed by atoms with E-state index in [1.165, 1.54) is 12.1 Å². The van der Waals surface area contributed by atoms with Gasteiger partial charge in [-0.25, -0.2) is 8.78 Å². The maximum Gasteiger partial charge on any atom is 0.228 e. The summed E-state index contributed by atoms with van der Waals surface area (Å²) in [6.45, 7) is 3.54.